The van der Waals surface area contributed by atoms with Crippen molar-refractivity contribution in [2.24, 2.45) is 0 Å². The lowest BCUT2D eigenvalue weighted by molar-refractivity contribution is -0.117. The van der Waals surface area contributed by atoms with Gasteiger partial charge in [-0.25, -0.2) is 0 Å². The van der Waals surface area contributed by atoms with Crippen molar-refractivity contribution < 1.29 is 9.59 Å². The first kappa shape index (κ1) is 37.8. The van der Waals surface area contributed by atoms with Gasteiger partial charge in [-0.2, -0.15) is 20.4 Å². The number of rotatable bonds is 6. The van der Waals surface area contributed by atoms with Gasteiger partial charge in [-0.1, -0.05) is 46.2 Å². The molecule has 2 atom stereocenters. The molecule has 0 N–H and O–H groups in total. The summed E-state index contributed by atoms with van der Waals surface area (Å²) in [4.78, 5) is 29.1. The monoisotopic (exact) mass is 598 g/mol. The fourth-order valence-electron chi connectivity index (χ4n) is 4.50. The maximum absolute atomic E-state index is 10.6. The van der Waals surface area contributed by atoms with E-state index in [0.29, 0.717) is 24.7 Å². The van der Waals surface area contributed by atoms with Crippen molar-refractivity contribution >= 4 is 11.6 Å². The Morgan fingerprint density at radius 1 is 0.614 bits per heavy atom. The van der Waals surface area contributed by atoms with Crippen LogP contribution in [0.3, 0.4) is 0 Å². The second-order valence-corrected chi connectivity index (χ2v) is 10.2. The fourth-order valence-corrected chi connectivity index (χ4v) is 4.50. The molecule has 0 amide bonds. The molecule has 236 valence electrons. The van der Waals surface area contributed by atoms with E-state index in [2.05, 4.69) is 54.6 Å². The number of Topliss-reactive ketones (excluding diaryl/α,β-unsaturated/α-hetero) is 2. The zero-order valence-corrected chi connectivity index (χ0v) is 27.8. The smallest absolute Gasteiger partial charge is 0.135 e. The van der Waals surface area contributed by atoms with Gasteiger partial charge in [0.2, 0.25) is 0 Å². The molecule has 1 aliphatic carbocycles. The summed E-state index contributed by atoms with van der Waals surface area (Å²) in [6, 6.07) is 19.5. The molecule has 4 heterocycles. The highest BCUT2D eigenvalue weighted by atomic mass is 16.1. The number of ketones is 2. The number of pyridine rings is 2. The van der Waals surface area contributed by atoms with Gasteiger partial charge in [-0.3, -0.25) is 19.6 Å². The topological polar surface area (TPSA) is 111 Å². The Balaban J connectivity index is 0.000000342. The largest absolute Gasteiger partial charge is 0.300 e. The van der Waals surface area contributed by atoms with E-state index in [4.69, 9.17) is 0 Å². The molecule has 0 unspecified atom stereocenters. The van der Waals surface area contributed by atoms with Crippen LogP contribution in [0.25, 0.3) is 0 Å². The van der Waals surface area contributed by atoms with Crippen molar-refractivity contribution in [1.29, 1.82) is 0 Å². The molecule has 4 aromatic heterocycles. The van der Waals surface area contributed by atoms with E-state index < -0.39 is 0 Å². The SMILES string of the molecule is CC.CC.CC(=O)Cc1ccccn1.CC(=O)Cc1ccccn1.Cc1ccc([C@@H]2CCC[C@@H](c3ccc(C)nn3)C2)nn1. The quantitative estimate of drug-likeness (QED) is 0.221. The second kappa shape index (κ2) is 22.4. The number of carbonyl (C=O) groups is 2. The van der Waals surface area contributed by atoms with E-state index in [1.54, 1.807) is 26.2 Å². The van der Waals surface area contributed by atoms with Crippen molar-refractivity contribution in [3.05, 3.63) is 107 Å². The van der Waals surface area contributed by atoms with Gasteiger partial charge in [0.25, 0.3) is 0 Å². The van der Waals surface area contributed by atoms with E-state index in [9.17, 15) is 9.59 Å². The number of carbonyl (C=O) groups excluding carboxylic acids is 2. The molecule has 1 aliphatic rings. The molecule has 8 nitrogen and oxygen atoms in total. The molecule has 1 fully saturated rings. The Kier molecular flexibility index (Phi) is 19.2. The third kappa shape index (κ3) is 15.3. The molecule has 5 rings (SSSR count). The summed E-state index contributed by atoms with van der Waals surface area (Å²) in [7, 11) is 0. The van der Waals surface area contributed by atoms with Gasteiger partial charge >= 0.3 is 0 Å². The van der Waals surface area contributed by atoms with Crippen molar-refractivity contribution in [1.82, 2.24) is 30.4 Å². The number of hydrogen-bond acceptors (Lipinski definition) is 8. The van der Waals surface area contributed by atoms with Gasteiger partial charge in [0.05, 0.1) is 22.8 Å². The first-order chi connectivity index (χ1) is 21.3. The van der Waals surface area contributed by atoms with Gasteiger partial charge in [0.1, 0.15) is 11.6 Å². The third-order valence-electron chi connectivity index (χ3n) is 6.46. The molecule has 1 saturated carbocycles. The number of hydrogen-bond donors (Lipinski definition) is 0. The minimum atomic E-state index is 0.152. The van der Waals surface area contributed by atoms with Gasteiger partial charge in [0, 0.05) is 48.5 Å². The van der Waals surface area contributed by atoms with E-state index >= 15 is 0 Å². The normalized spacial score (nSPS) is 14.8. The highest BCUT2D eigenvalue weighted by Gasteiger charge is 2.26. The maximum Gasteiger partial charge on any atom is 0.135 e. The molecule has 8 heteroatoms. The summed E-state index contributed by atoms with van der Waals surface area (Å²) in [6.45, 7) is 15.1. The predicted octanol–water partition coefficient (Wildman–Crippen LogP) is 7.80. The van der Waals surface area contributed by atoms with Crippen LogP contribution in [-0.4, -0.2) is 41.9 Å². The average Bonchev–Trinajstić information content (AvgIpc) is 3.05. The van der Waals surface area contributed by atoms with E-state index in [1.165, 1.54) is 19.3 Å². The average molecular weight is 599 g/mol. The zero-order chi connectivity index (χ0) is 32.7. The second-order valence-electron chi connectivity index (χ2n) is 10.2. The van der Waals surface area contributed by atoms with Crippen molar-refractivity contribution in [2.45, 2.75) is 106 Å². The van der Waals surface area contributed by atoms with Crippen LogP contribution >= 0.6 is 0 Å². The van der Waals surface area contributed by atoms with Crippen molar-refractivity contribution in [2.75, 3.05) is 0 Å². The Morgan fingerprint density at radius 2 is 1.02 bits per heavy atom. The molecular weight excluding hydrogens is 548 g/mol. The van der Waals surface area contributed by atoms with Crippen LogP contribution in [0.5, 0.6) is 0 Å². The van der Waals surface area contributed by atoms with Crippen LogP contribution < -0.4 is 0 Å². The van der Waals surface area contributed by atoms with Crippen LogP contribution in [0.15, 0.2) is 73.1 Å². The molecular formula is C36H50N6O2. The van der Waals surface area contributed by atoms with Gasteiger partial charge in [-0.05, 0) is 95.5 Å². The Bertz CT molecular complexity index is 1210. The highest BCUT2D eigenvalue weighted by molar-refractivity contribution is 5.78. The van der Waals surface area contributed by atoms with Crippen LogP contribution in [0.1, 0.15) is 113 Å². The predicted molar refractivity (Wildman–Crippen MR) is 177 cm³/mol. The van der Waals surface area contributed by atoms with E-state index in [0.717, 1.165) is 40.6 Å². The summed E-state index contributed by atoms with van der Waals surface area (Å²) in [6.07, 6.45) is 9.01. The van der Waals surface area contributed by atoms with Gasteiger partial charge < -0.3 is 0 Å². The third-order valence-corrected chi connectivity index (χ3v) is 6.46. The first-order valence-electron chi connectivity index (χ1n) is 15.7. The standard InChI is InChI=1S/C16H20N4.2C8H9NO.2C2H6/c1-11-6-8-15(19-17-11)13-4-3-5-14(10-13)16-9-7-12(2)18-20-16;2*1-7(10)6-8-4-2-3-5-9-8;2*1-2/h6-9,13-14H,3-5,10H2,1-2H3;2*2-5H,6H2,1H3;2*1-2H3/t13-,14-;;;;/m1..../s1. The molecule has 0 aromatic carbocycles. The highest BCUT2D eigenvalue weighted by Crippen LogP contribution is 2.39. The fraction of sp³-hybridized carbons (Fsp3) is 0.444. The summed E-state index contributed by atoms with van der Waals surface area (Å²) < 4.78 is 0. The Labute approximate surface area is 264 Å². The zero-order valence-electron chi connectivity index (χ0n) is 27.8. The van der Waals surface area contributed by atoms with Crippen LogP contribution in [0, 0.1) is 13.8 Å². The molecule has 0 saturated heterocycles. The molecule has 0 bridgehead atoms. The van der Waals surface area contributed by atoms with E-state index in [1.807, 2.05) is 77.9 Å². The number of aromatic nitrogens is 6. The van der Waals surface area contributed by atoms with Crippen LogP contribution in [-0.2, 0) is 22.4 Å². The molecule has 44 heavy (non-hydrogen) atoms. The summed E-state index contributed by atoms with van der Waals surface area (Å²) in [5, 5.41) is 17.1. The lowest BCUT2D eigenvalue weighted by Gasteiger charge is -2.28. The Hall–Kier alpha value is -4.20. The van der Waals surface area contributed by atoms with Crippen LogP contribution in [0.4, 0.5) is 0 Å². The number of nitrogens with zero attached hydrogens (tertiary/aromatic N) is 6. The van der Waals surface area contributed by atoms with Crippen molar-refractivity contribution in [3.8, 4) is 0 Å². The van der Waals surface area contributed by atoms with Gasteiger partial charge in [0.15, 0.2) is 0 Å². The minimum absolute atomic E-state index is 0.152. The number of aryl methyl sites for hydroxylation is 2. The maximum atomic E-state index is 10.6. The summed E-state index contributed by atoms with van der Waals surface area (Å²) in [5.74, 6) is 1.31. The van der Waals surface area contributed by atoms with Crippen LogP contribution in [0.2, 0.25) is 0 Å². The van der Waals surface area contributed by atoms with E-state index in [-0.39, 0.29) is 11.6 Å². The lowest BCUT2D eigenvalue weighted by atomic mass is 9.78. The molecule has 0 radical (unpaired) electrons. The van der Waals surface area contributed by atoms with Crippen molar-refractivity contribution in [3.63, 3.8) is 0 Å². The van der Waals surface area contributed by atoms with Gasteiger partial charge in [-0.15, -0.1) is 0 Å². The Morgan fingerprint density at radius 3 is 1.32 bits per heavy atom. The minimum Gasteiger partial charge on any atom is -0.300 e. The molecule has 0 aliphatic heterocycles. The summed E-state index contributed by atoms with van der Waals surface area (Å²) in [5.41, 5.74) is 5.89. The lowest BCUT2D eigenvalue weighted by Crippen LogP contribution is -2.15. The summed E-state index contributed by atoms with van der Waals surface area (Å²) >= 11 is 0. The molecule has 0 spiro atoms. The first-order valence-corrected chi connectivity index (χ1v) is 15.7. The molecule has 4 aromatic rings.